The van der Waals surface area contributed by atoms with Crippen molar-refractivity contribution in [2.45, 2.75) is 30.6 Å². The van der Waals surface area contributed by atoms with Gasteiger partial charge in [-0.15, -0.1) is 0 Å². The van der Waals surface area contributed by atoms with Gasteiger partial charge >= 0.3 is 0 Å². The van der Waals surface area contributed by atoms with Crippen LogP contribution in [0, 0.1) is 5.92 Å². The molecule has 3 rings (SSSR count). The van der Waals surface area contributed by atoms with E-state index in [4.69, 9.17) is 16.3 Å². The molecule has 6 nitrogen and oxygen atoms in total. The first-order valence-electron chi connectivity index (χ1n) is 10.1. The van der Waals surface area contributed by atoms with Crippen molar-refractivity contribution in [3.63, 3.8) is 0 Å². The van der Waals surface area contributed by atoms with Crippen molar-refractivity contribution >= 4 is 27.5 Å². The van der Waals surface area contributed by atoms with Gasteiger partial charge in [-0.25, -0.2) is 8.42 Å². The van der Waals surface area contributed by atoms with Crippen LogP contribution in [0.3, 0.4) is 0 Å². The number of carbonyl (C=O) groups excluding carboxylic acids is 1. The second-order valence-electron chi connectivity index (χ2n) is 7.36. The van der Waals surface area contributed by atoms with Crippen LogP contribution in [0.15, 0.2) is 53.4 Å². The number of nitrogens with one attached hydrogen (secondary N) is 1. The number of benzene rings is 2. The molecule has 1 heterocycles. The minimum absolute atomic E-state index is 0.0916. The molecule has 1 aliphatic heterocycles. The maximum Gasteiger partial charge on any atom is 0.243 e. The highest BCUT2D eigenvalue weighted by atomic mass is 35.5. The molecule has 0 aromatic heterocycles. The van der Waals surface area contributed by atoms with E-state index in [0.717, 1.165) is 24.2 Å². The predicted molar refractivity (Wildman–Crippen MR) is 117 cm³/mol. The number of ether oxygens (including phenoxy) is 1. The largest absolute Gasteiger partial charge is 0.496 e. The summed E-state index contributed by atoms with van der Waals surface area (Å²) in [5.74, 6) is 0.414. The lowest BCUT2D eigenvalue weighted by Crippen LogP contribution is -2.45. The molecule has 1 aliphatic rings. The Morgan fingerprint density at radius 3 is 2.67 bits per heavy atom. The number of sulfonamides is 1. The first kappa shape index (κ1) is 22.6. The average Bonchev–Trinajstić information content (AvgIpc) is 2.77. The summed E-state index contributed by atoms with van der Waals surface area (Å²) in [6, 6.07) is 13.9. The molecule has 1 atom stereocenters. The van der Waals surface area contributed by atoms with Gasteiger partial charge in [-0.2, -0.15) is 4.31 Å². The predicted octanol–water partition coefficient (Wildman–Crippen LogP) is 3.50. The van der Waals surface area contributed by atoms with Crippen molar-refractivity contribution in [3.8, 4) is 5.75 Å². The molecule has 1 amide bonds. The number of nitrogens with zero attached hydrogens (tertiary/aromatic N) is 1. The van der Waals surface area contributed by atoms with E-state index in [9.17, 15) is 13.2 Å². The minimum Gasteiger partial charge on any atom is -0.496 e. The lowest BCUT2D eigenvalue weighted by molar-refractivity contribution is -0.126. The van der Waals surface area contributed by atoms with Gasteiger partial charge in [0.25, 0.3) is 0 Å². The Balaban J connectivity index is 1.52. The zero-order chi connectivity index (χ0) is 21.6. The summed E-state index contributed by atoms with van der Waals surface area (Å²) in [5.41, 5.74) is 1.10. The van der Waals surface area contributed by atoms with Gasteiger partial charge in [0.05, 0.1) is 17.9 Å². The highest BCUT2D eigenvalue weighted by Gasteiger charge is 2.33. The Morgan fingerprint density at radius 1 is 1.20 bits per heavy atom. The van der Waals surface area contributed by atoms with E-state index < -0.39 is 10.0 Å². The van der Waals surface area contributed by atoms with Crippen molar-refractivity contribution in [1.82, 2.24) is 9.62 Å². The standard InChI is InChI=1S/C22H27ClN2O4S/c1-29-21-9-3-2-6-17(21)7-4-14-24-22(26)18-8-5-15-25(16-18)30(27,28)20-12-10-19(23)11-13-20/h2-3,6,9-13,18H,4-5,7-8,14-16H2,1H3,(H,24,26)/t18-/m1/s1. The molecule has 162 valence electrons. The molecule has 0 aliphatic carbocycles. The fraction of sp³-hybridized carbons (Fsp3) is 0.409. The second-order valence-corrected chi connectivity index (χ2v) is 9.74. The van der Waals surface area contributed by atoms with Crippen LogP contribution >= 0.6 is 11.6 Å². The number of carbonyl (C=O) groups is 1. The van der Waals surface area contributed by atoms with Gasteiger partial charge in [-0.1, -0.05) is 29.8 Å². The van der Waals surface area contributed by atoms with Crippen LogP contribution in [-0.4, -0.2) is 45.4 Å². The zero-order valence-electron chi connectivity index (χ0n) is 17.0. The summed E-state index contributed by atoms with van der Waals surface area (Å²) in [4.78, 5) is 12.8. The van der Waals surface area contributed by atoms with Crippen molar-refractivity contribution in [2.75, 3.05) is 26.7 Å². The van der Waals surface area contributed by atoms with E-state index >= 15 is 0 Å². The number of para-hydroxylation sites is 1. The number of hydrogen-bond donors (Lipinski definition) is 1. The van der Waals surface area contributed by atoms with E-state index in [1.165, 1.54) is 16.4 Å². The maximum atomic E-state index is 12.9. The molecule has 8 heteroatoms. The van der Waals surface area contributed by atoms with E-state index in [-0.39, 0.29) is 23.3 Å². The van der Waals surface area contributed by atoms with Crippen LogP contribution in [0.1, 0.15) is 24.8 Å². The SMILES string of the molecule is COc1ccccc1CCCNC(=O)[C@@H]1CCCN(S(=O)(=O)c2ccc(Cl)cc2)C1. The fourth-order valence-corrected chi connectivity index (χ4v) is 5.32. The Hall–Kier alpha value is -2.09. The monoisotopic (exact) mass is 450 g/mol. The number of rotatable bonds is 8. The normalized spacial score (nSPS) is 17.5. The Labute approximate surface area is 183 Å². The molecule has 2 aromatic carbocycles. The zero-order valence-corrected chi connectivity index (χ0v) is 18.6. The van der Waals surface area contributed by atoms with Gasteiger partial charge in [-0.05, 0) is 61.6 Å². The van der Waals surface area contributed by atoms with Crippen LogP contribution in [-0.2, 0) is 21.2 Å². The quantitative estimate of drug-likeness (QED) is 0.624. The molecule has 1 fully saturated rings. The van der Waals surface area contributed by atoms with E-state index in [2.05, 4.69) is 5.32 Å². The Kier molecular flexibility index (Phi) is 7.75. The van der Waals surface area contributed by atoms with E-state index in [1.807, 2.05) is 24.3 Å². The maximum absolute atomic E-state index is 12.9. The third-order valence-electron chi connectivity index (χ3n) is 5.32. The molecule has 0 saturated carbocycles. The molecule has 30 heavy (non-hydrogen) atoms. The number of amides is 1. The smallest absolute Gasteiger partial charge is 0.243 e. The molecule has 0 spiro atoms. The van der Waals surface area contributed by atoms with Gasteiger partial charge in [0, 0.05) is 24.7 Å². The molecule has 1 N–H and O–H groups in total. The lowest BCUT2D eigenvalue weighted by Gasteiger charge is -2.31. The summed E-state index contributed by atoms with van der Waals surface area (Å²) in [6.07, 6.45) is 2.93. The highest BCUT2D eigenvalue weighted by molar-refractivity contribution is 7.89. The third kappa shape index (κ3) is 5.53. The highest BCUT2D eigenvalue weighted by Crippen LogP contribution is 2.25. The van der Waals surface area contributed by atoms with Crippen molar-refractivity contribution in [2.24, 2.45) is 5.92 Å². The summed E-state index contributed by atoms with van der Waals surface area (Å²) in [7, 11) is -1.99. The number of piperidine rings is 1. The summed E-state index contributed by atoms with van der Waals surface area (Å²) >= 11 is 5.86. The third-order valence-corrected chi connectivity index (χ3v) is 7.45. The van der Waals surface area contributed by atoms with Crippen molar-refractivity contribution in [3.05, 3.63) is 59.1 Å². The molecule has 1 saturated heterocycles. The lowest BCUT2D eigenvalue weighted by atomic mass is 9.99. The van der Waals surface area contributed by atoms with Crippen LogP contribution in [0.2, 0.25) is 5.02 Å². The van der Waals surface area contributed by atoms with Gasteiger partial charge in [0.2, 0.25) is 15.9 Å². The fourth-order valence-electron chi connectivity index (χ4n) is 3.67. The van der Waals surface area contributed by atoms with Crippen LogP contribution in [0.5, 0.6) is 5.75 Å². The summed E-state index contributed by atoms with van der Waals surface area (Å²) in [6.45, 7) is 1.16. The van der Waals surface area contributed by atoms with E-state index in [1.54, 1.807) is 19.2 Å². The van der Waals surface area contributed by atoms with Gasteiger partial charge in [0.15, 0.2) is 0 Å². The number of aryl methyl sites for hydroxylation is 1. The van der Waals surface area contributed by atoms with Gasteiger partial charge < -0.3 is 10.1 Å². The molecular formula is C22H27ClN2O4S. The molecule has 2 aromatic rings. The minimum atomic E-state index is -3.63. The molecular weight excluding hydrogens is 424 g/mol. The summed E-state index contributed by atoms with van der Waals surface area (Å²) in [5, 5.41) is 3.44. The van der Waals surface area contributed by atoms with Gasteiger partial charge in [-0.3, -0.25) is 4.79 Å². The Morgan fingerprint density at radius 2 is 1.93 bits per heavy atom. The van der Waals surface area contributed by atoms with Gasteiger partial charge in [0.1, 0.15) is 5.75 Å². The van der Waals surface area contributed by atoms with Crippen molar-refractivity contribution < 1.29 is 17.9 Å². The topological polar surface area (TPSA) is 75.7 Å². The van der Waals surface area contributed by atoms with Crippen LogP contribution in [0.4, 0.5) is 0 Å². The molecule has 0 bridgehead atoms. The number of methoxy groups -OCH3 is 1. The molecule has 0 unspecified atom stereocenters. The second kappa shape index (κ2) is 10.3. The first-order valence-corrected chi connectivity index (χ1v) is 11.9. The number of hydrogen-bond acceptors (Lipinski definition) is 4. The number of halogens is 1. The van der Waals surface area contributed by atoms with Crippen LogP contribution < -0.4 is 10.1 Å². The van der Waals surface area contributed by atoms with Crippen molar-refractivity contribution in [1.29, 1.82) is 0 Å². The summed E-state index contributed by atoms with van der Waals surface area (Å²) < 4.78 is 32.5. The molecule has 0 radical (unpaired) electrons. The average molecular weight is 451 g/mol. The van der Waals surface area contributed by atoms with E-state index in [0.29, 0.717) is 31.0 Å². The Bertz CT molecular complexity index is 963. The van der Waals surface area contributed by atoms with Crippen LogP contribution in [0.25, 0.3) is 0 Å². The first-order chi connectivity index (χ1) is 14.4.